The van der Waals surface area contributed by atoms with Gasteiger partial charge in [0, 0.05) is 5.69 Å². The highest BCUT2D eigenvalue weighted by atomic mass is 35.5. The van der Waals surface area contributed by atoms with Crippen LogP contribution in [0.25, 0.3) is 0 Å². The fraction of sp³-hybridized carbons (Fsp3) is 0.0714. The average molecular weight is 288 g/mol. The van der Waals surface area contributed by atoms with E-state index in [1.165, 1.54) is 12.1 Å². The minimum absolute atomic E-state index is 0.132. The van der Waals surface area contributed by atoms with Gasteiger partial charge in [-0.05, 0) is 37.3 Å². The molecular weight excluding hydrogens is 278 g/mol. The summed E-state index contributed by atoms with van der Waals surface area (Å²) in [5, 5.41) is 21.2. The van der Waals surface area contributed by atoms with Gasteiger partial charge in [-0.3, -0.25) is 0 Å². The summed E-state index contributed by atoms with van der Waals surface area (Å²) in [7, 11) is 0. The van der Waals surface area contributed by atoms with Gasteiger partial charge in [-0.15, -0.1) is 0 Å². The second-order valence-corrected chi connectivity index (χ2v) is 4.53. The van der Waals surface area contributed by atoms with Crippen molar-refractivity contribution in [3.63, 3.8) is 0 Å². The lowest BCUT2D eigenvalue weighted by atomic mass is 10.2. The summed E-state index contributed by atoms with van der Waals surface area (Å²) in [5.41, 5.74) is 1.65. The zero-order valence-electron chi connectivity index (χ0n) is 10.5. The minimum Gasteiger partial charge on any atom is -0.478 e. The zero-order chi connectivity index (χ0) is 14.7. The topological polar surface area (TPSA) is 86.0 Å². The third-order valence-electron chi connectivity index (χ3n) is 2.56. The Morgan fingerprint density at radius 2 is 2.15 bits per heavy atom. The van der Waals surface area contributed by atoms with Crippen LogP contribution < -0.4 is 5.32 Å². The van der Waals surface area contributed by atoms with Crippen LogP contribution in [0.15, 0.2) is 30.3 Å². The Balaban J connectivity index is 2.40. The van der Waals surface area contributed by atoms with Gasteiger partial charge in [-0.25, -0.2) is 9.78 Å². The predicted molar refractivity (Wildman–Crippen MR) is 75.4 cm³/mol. The van der Waals surface area contributed by atoms with Crippen molar-refractivity contribution in [2.24, 2.45) is 0 Å². The highest BCUT2D eigenvalue weighted by Gasteiger charge is 2.08. The maximum atomic E-state index is 11.0. The van der Waals surface area contributed by atoms with Crippen LogP contribution in [0, 0.1) is 18.3 Å². The summed E-state index contributed by atoms with van der Waals surface area (Å²) in [6.07, 6.45) is 0. The fourth-order valence-electron chi connectivity index (χ4n) is 1.68. The molecule has 1 heterocycles. The molecule has 2 aromatic rings. The van der Waals surface area contributed by atoms with E-state index in [9.17, 15) is 4.79 Å². The molecule has 0 saturated carbocycles. The van der Waals surface area contributed by atoms with Crippen LogP contribution >= 0.6 is 11.6 Å². The first-order chi connectivity index (χ1) is 9.49. The number of carboxylic acids is 1. The molecule has 0 amide bonds. The SMILES string of the molecule is Cc1cc(C(=O)O)cc(Nc2cc(C#N)ccc2Cl)n1. The van der Waals surface area contributed by atoms with Gasteiger partial charge in [-0.2, -0.15) is 5.26 Å². The Morgan fingerprint density at radius 3 is 2.80 bits per heavy atom. The molecule has 2 N–H and O–H groups in total. The zero-order valence-corrected chi connectivity index (χ0v) is 11.3. The number of rotatable bonds is 3. The number of carbonyl (C=O) groups is 1. The Hall–Kier alpha value is -2.58. The van der Waals surface area contributed by atoms with Gasteiger partial charge < -0.3 is 10.4 Å². The van der Waals surface area contributed by atoms with E-state index in [1.807, 2.05) is 6.07 Å². The van der Waals surface area contributed by atoms with Crippen molar-refractivity contribution in [1.29, 1.82) is 5.26 Å². The lowest BCUT2D eigenvalue weighted by Crippen LogP contribution is -2.02. The second kappa shape index (κ2) is 5.59. The largest absolute Gasteiger partial charge is 0.478 e. The molecule has 6 heteroatoms. The van der Waals surface area contributed by atoms with E-state index >= 15 is 0 Å². The number of anilines is 2. The smallest absolute Gasteiger partial charge is 0.335 e. The Labute approximate surface area is 120 Å². The van der Waals surface area contributed by atoms with Crippen LogP contribution in [0.1, 0.15) is 21.6 Å². The Kier molecular flexibility index (Phi) is 3.87. The number of pyridine rings is 1. The van der Waals surface area contributed by atoms with Crippen molar-refractivity contribution >= 4 is 29.1 Å². The van der Waals surface area contributed by atoms with Gasteiger partial charge in [0.15, 0.2) is 0 Å². The van der Waals surface area contributed by atoms with Crippen molar-refractivity contribution in [1.82, 2.24) is 4.98 Å². The molecule has 0 unspecified atom stereocenters. The van der Waals surface area contributed by atoms with E-state index in [-0.39, 0.29) is 5.56 Å². The number of carboxylic acid groups (broad SMARTS) is 1. The Morgan fingerprint density at radius 1 is 1.40 bits per heavy atom. The molecule has 0 aliphatic carbocycles. The van der Waals surface area contributed by atoms with E-state index in [1.54, 1.807) is 25.1 Å². The summed E-state index contributed by atoms with van der Waals surface area (Å²) in [6, 6.07) is 9.66. The minimum atomic E-state index is -1.03. The summed E-state index contributed by atoms with van der Waals surface area (Å²) in [4.78, 5) is 15.2. The first kappa shape index (κ1) is 13.8. The molecule has 0 saturated heterocycles. The van der Waals surface area contributed by atoms with Gasteiger partial charge in [0.2, 0.25) is 0 Å². The van der Waals surface area contributed by atoms with Gasteiger partial charge in [0.05, 0.1) is 27.9 Å². The standard InChI is InChI=1S/C14H10ClN3O2/c1-8-4-10(14(19)20)6-13(17-8)18-12-5-9(7-16)2-3-11(12)15/h2-6H,1H3,(H,17,18)(H,19,20). The van der Waals surface area contributed by atoms with Crippen LogP contribution in [0.2, 0.25) is 5.02 Å². The van der Waals surface area contributed by atoms with E-state index in [2.05, 4.69) is 10.3 Å². The summed E-state index contributed by atoms with van der Waals surface area (Å²) in [6.45, 7) is 1.70. The highest BCUT2D eigenvalue weighted by Crippen LogP contribution is 2.26. The maximum Gasteiger partial charge on any atom is 0.335 e. The number of aromatic nitrogens is 1. The summed E-state index contributed by atoms with van der Waals surface area (Å²) in [5.74, 6) is -0.671. The van der Waals surface area contributed by atoms with Crippen molar-refractivity contribution in [3.8, 4) is 6.07 Å². The number of nitrogens with zero attached hydrogens (tertiary/aromatic N) is 2. The van der Waals surface area contributed by atoms with Crippen molar-refractivity contribution in [3.05, 3.63) is 52.2 Å². The number of nitriles is 1. The van der Waals surface area contributed by atoms with Gasteiger partial charge in [0.25, 0.3) is 0 Å². The molecule has 0 atom stereocenters. The molecule has 0 aliphatic heterocycles. The number of hydrogen-bond acceptors (Lipinski definition) is 4. The molecule has 5 nitrogen and oxygen atoms in total. The molecule has 20 heavy (non-hydrogen) atoms. The summed E-state index contributed by atoms with van der Waals surface area (Å²) < 4.78 is 0. The molecule has 100 valence electrons. The second-order valence-electron chi connectivity index (χ2n) is 4.12. The fourth-order valence-corrected chi connectivity index (χ4v) is 1.85. The van der Waals surface area contributed by atoms with Crippen LogP contribution in [0.3, 0.4) is 0 Å². The number of halogens is 1. The lowest BCUT2D eigenvalue weighted by Gasteiger charge is -2.09. The molecule has 0 spiro atoms. The van der Waals surface area contributed by atoms with Crippen molar-refractivity contribution < 1.29 is 9.90 Å². The molecule has 2 rings (SSSR count). The summed E-state index contributed by atoms with van der Waals surface area (Å²) >= 11 is 6.03. The molecule has 1 aromatic carbocycles. The molecule has 0 aliphatic rings. The quantitative estimate of drug-likeness (QED) is 0.904. The first-order valence-electron chi connectivity index (χ1n) is 5.68. The average Bonchev–Trinajstić information content (AvgIpc) is 2.40. The first-order valence-corrected chi connectivity index (χ1v) is 6.06. The number of nitrogens with one attached hydrogen (secondary N) is 1. The van der Waals surface area contributed by atoms with Gasteiger partial charge >= 0.3 is 5.97 Å². The van der Waals surface area contributed by atoms with Crippen molar-refractivity contribution in [2.45, 2.75) is 6.92 Å². The van der Waals surface area contributed by atoms with Crippen LogP contribution in [-0.4, -0.2) is 16.1 Å². The molecule has 0 fully saturated rings. The van der Waals surface area contributed by atoms with E-state index < -0.39 is 5.97 Å². The third-order valence-corrected chi connectivity index (χ3v) is 2.89. The third kappa shape index (κ3) is 3.05. The number of aryl methyl sites for hydroxylation is 1. The van der Waals surface area contributed by atoms with Crippen molar-refractivity contribution in [2.75, 3.05) is 5.32 Å². The predicted octanol–water partition coefficient (Wildman–Crippen LogP) is 3.36. The monoisotopic (exact) mass is 287 g/mol. The highest BCUT2D eigenvalue weighted by molar-refractivity contribution is 6.33. The molecule has 0 bridgehead atoms. The van der Waals surface area contributed by atoms with Gasteiger partial charge in [-0.1, -0.05) is 11.6 Å². The van der Waals surface area contributed by atoms with Crippen LogP contribution in [-0.2, 0) is 0 Å². The number of hydrogen-bond donors (Lipinski definition) is 2. The number of benzene rings is 1. The molecule has 1 aromatic heterocycles. The van der Waals surface area contributed by atoms with Gasteiger partial charge in [0.1, 0.15) is 5.82 Å². The maximum absolute atomic E-state index is 11.0. The Bertz CT molecular complexity index is 723. The van der Waals surface area contributed by atoms with E-state index in [0.717, 1.165) is 0 Å². The van der Waals surface area contributed by atoms with E-state index in [0.29, 0.717) is 27.8 Å². The molecular formula is C14H10ClN3O2. The number of aromatic carboxylic acids is 1. The van der Waals surface area contributed by atoms with Crippen LogP contribution in [0.5, 0.6) is 0 Å². The van der Waals surface area contributed by atoms with Crippen LogP contribution in [0.4, 0.5) is 11.5 Å². The normalized spacial score (nSPS) is 9.85. The molecule has 0 radical (unpaired) electrons. The lowest BCUT2D eigenvalue weighted by molar-refractivity contribution is 0.0696. The van der Waals surface area contributed by atoms with E-state index in [4.69, 9.17) is 22.0 Å².